The van der Waals surface area contributed by atoms with Crippen LogP contribution < -0.4 is 5.32 Å². The fraction of sp³-hybridized carbons (Fsp3) is 0.625. The lowest BCUT2D eigenvalue weighted by atomic mass is 9.61. The number of hydrogen-bond donors (Lipinski definition) is 1. The summed E-state index contributed by atoms with van der Waals surface area (Å²) in [5, 5.41) is 14.5. The number of rotatable bonds is 7. The number of nitrogens with one attached hydrogen (secondary N) is 1. The first-order valence-corrected chi connectivity index (χ1v) is 7.60. The van der Waals surface area contributed by atoms with Crippen molar-refractivity contribution in [1.82, 2.24) is 5.32 Å². The van der Waals surface area contributed by atoms with E-state index in [1.807, 2.05) is 19.1 Å². The first-order chi connectivity index (χ1) is 10.0. The lowest BCUT2D eigenvalue weighted by Crippen LogP contribution is -2.61. The second kappa shape index (κ2) is 6.54. The first-order valence-electron chi connectivity index (χ1n) is 7.60. The summed E-state index contributed by atoms with van der Waals surface area (Å²) in [4.78, 5) is 10.7. The fourth-order valence-corrected chi connectivity index (χ4v) is 3.14. The molecule has 1 aromatic carbocycles. The van der Waals surface area contributed by atoms with Crippen LogP contribution in [-0.2, 0) is 11.3 Å². The molecule has 1 aromatic rings. The monoisotopic (exact) mass is 292 g/mol. The predicted molar refractivity (Wildman–Crippen MR) is 82.2 cm³/mol. The van der Waals surface area contributed by atoms with E-state index < -0.39 is 0 Å². The van der Waals surface area contributed by atoms with E-state index in [0.717, 1.165) is 25.0 Å². The zero-order valence-electron chi connectivity index (χ0n) is 13.0. The molecular formula is C16H24N2O3. The highest BCUT2D eigenvalue weighted by molar-refractivity contribution is 5.39. The molecule has 21 heavy (non-hydrogen) atoms. The Morgan fingerprint density at radius 3 is 2.76 bits per heavy atom. The lowest BCUT2D eigenvalue weighted by Gasteiger charge is -2.53. The summed E-state index contributed by atoms with van der Waals surface area (Å²) in [7, 11) is 0. The summed E-state index contributed by atoms with van der Waals surface area (Å²) in [6.45, 7) is 7.68. The van der Waals surface area contributed by atoms with E-state index >= 15 is 0 Å². The van der Waals surface area contributed by atoms with Crippen LogP contribution in [0.15, 0.2) is 24.3 Å². The molecule has 1 fully saturated rings. The average molecular weight is 292 g/mol. The van der Waals surface area contributed by atoms with Crippen molar-refractivity contribution in [3.63, 3.8) is 0 Å². The summed E-state index contributed by atoms with van der Waals surface area (Å²) in [5.74, 6) is 0. The van der Waals surface area contributed by atoms with Gasteiger partial charge in [-0.15, -0.1) is 0 Å². The highest BCUT2D eigenvalue weighted by Crippen LogP contribution is 2.46. The van der Waals surface area contributed by atoms with Gasteiger partial charge in [0, 0.05) is 36.2 Å². The number of ether oxygens (including phenoxy) is 1. The van der Waals surface area contributed by atoms with Crippen LogP contribution in [-0.4, -0.2) is 23.7 Å². The van der Waals surface area contributed by atoms with Crippen molar-refractivity contribution in [1.29, 1.82) is 0 Å². The van der Waals surface area contributed by atoms with Crippen LogP contribution in [0.25, 0.3) is 0 Å². The molecule has 1 aliphatic rings. The molecule has 0 saturated heterocycles. The number of para-hydroxylation sites is 1. The van der Waals surface area contributed by atoms with Gasteiger partial charge in [0.05, 0.1) is 11.0 Å². The van der Waals surface area contributed by atoms with E-state index in [4.69, 9.17) is 4.74 Å². The van der Waals surface area contributed by atoms with Crippen LogP contribution in [0.4, 0.5) is 5.69 Å². The topological polar surface area (TPSA) is 64.4 Å². The first kappa shape index (κ1) is 15.9. The molecule has 2 rings (SSSR count). The molecule has 5 nitrogen and oxygen atoms in total. The number of hydrogen-bond acceptors (Lipinski definition) is 4. The van der Waals surface area contributed by atoms with Crippen LogP contribution >= 0.6 is 0 Å². The minimum Gasteiger partial charge on any atom is -0.378 e. The number of nitro groups is 1. The van der Waals surface area contributed by atoms with Crippen LogP contribution in [0, 0.1) is 15.5 Å². The van der Waals surface area contributed by atoms with Crippen LogP contribution in [0.2, 0.25) is 0 Å². The highest BCUT2D eigenvalue weighted by atomic mass is 16.6. The van der Waals surface area contributed by atoms with Gasteiger partial charge in [0.15, 0.2) is 0 Å². The quantitative estimate of drug-likeness (QED) is 0.618. The molecule has 0 radical (unpaired) electrons. The Labute approximate surface area is 125 Å². The second-order valence-electron chi connectivity index (χ2n) is 5.86. The zero-order chi connectivity index (χ0) is 15.5. The summed E-state index contributed by atoms with van der Waals surface area (Å²) >= 11 is 0. The second-order valence-corrected chi connectivity index (χ2v) is 5.86. The summed E-state index contributed by atoms with van der Waals surface area (Å²) in [5.41, 5.74) is 1.03. The van der Waals surface area contributed by atoms with Gasteiger partial charge in [-0.25, -0.2) is 0 Å². The van der Waals surface area contributed by atoms with Gasteiger partial charge in [0.1, 0.15) is 0 Å². The van der Waals surface area contributed by atoms with Crippen molar-refractivity contribution in [3.8, 4) is 0 Å². The molecule has 0 amide bonds. The Kier molecular flexibility index (Phi) is 4.96. The summed E-state index contributed by atoms with van der Waals surface area (Å²) in [6, 6.07) is 7.25. The molecule has 3 unspecified atom stereocenters. The van der Waals surface area contributed by atoms with E-state index in [-0.39, 0.29) is 22.1 Å². The maximum atomic E-state index is 11.0. The Morgan fingerprint density at radius 1 is 1.43 bits per heavy atom. The van der Waals surface area contributed by atoms with Crippen LogP contribution in [0.3, 0.4) is 0 Å². The van der Waals surface area contributed by atoms with Crippen molar-refractivity contribution < 1.29 is 9.66 Å². The molecule has 1 saturated carbocycles. The van der Waals surface area contributed by atoms with E-state index in [2.05, 4.69) is 19.2 Å². The summed E-state index contributed by atoms with van der Waals surface area (Å²) < 4.78 is 5.78. The van der Waals surface area contributed by atoms with Crippen molar-refractivity contribution in [2.45, 2.75) is 52.3 Å². The van der Waals surface area contributed by atoms with Crippen molar-refractivity contribution in [2.24, 2.45) is 5.41 Å². The lowest BCUT2D eigenvalue weighted by molar-refractivity contribution is -0.385. The largest absolute Gasteiger partial charge is 0.378 e. The Morgan fingerprint density at radius 2 is 2.14 bits per heavy atom. The van der Waals surface area contributed by atoms with Gasteiger partial charge in [-0.3, -0.25) is 10.1 Å². The van der Waals surface area contributed by atoms with Crippen molar-refractivity contribution in [2.75, 3.05) is 6.61 Å². The molecule has 0 aliphatic heterocycles. The van der Waals surface area contributed by atoms with Gasteiger partial charge >= 0.3 is 0 Å². The third-order valence-electron chi connectivity index (χ3n) is 4.84. The third-order valence-corrected chi connectivity index (χ3v) is 4.84. The van der Waals surface area contributed by atoms with E-state index in [0.29, 0.717) is 12.6 Å². The minimum atomic E-state index is -0.320. The Hall–Kier alpha value is -1.46. The average Bonchev–Trinajstić information content (AvgIpc) is 2.49. The Balaban J connectivity index is 2.00. The molecule has 1 N–H and O–H groups in total. The fourth-order valence-electron chi connectivity index (χ4n) is 3.14. The molecule has 3 atom stereocenters. The predicted octanol–water partition coefficient (Wildman–Crippen LogP) is 3.28. The molecule has 116 valence electrons. The van der Waals surface area contributed by atoms with Gasteiger partial charge in [-0.1, -0.05) is 32.0 Å². The van der Waals surface area contributed by atoms with Gasteiger partial charge in [0.2, 0.25) is 0 Å². The number of nitrogens with zero attached hydrogens (tertiary/aromatic N) is 1. The molecule has 0 bridgehead atoms. The maximum Gasteiger partial charge on any atom is 0.273 e. The van der Waals surface area contributed by atoms with Crippen LogP contribution in [0.5, 0.6) is 0 Å². The standard InChI is InChI=1S/C16H24N2O3/c1-4-16(3)14(10-15(16)21-5-2)17-11-12-8-6-7-9-13(12)18(19)20/h6-9,14-15,17H,4-5,10-11H2,1-3H3. The van der Waals surface area contributed by atoms with Crippen molar-refractivity contribution in [3.05, 3.63) is 39.9 Å². The molecule has 0 spiro atoms. The molecule has 1 aliphatic carbocycles. The molecule has 0 heterocycles. The van der Waals surface area contributed by atoms with E-state index in [1.54, 1.807) is 12.1 Å². The number of benzene rings is 1. The normalized spacial score (nSPS) is 28.1. The van der Waals surface area contributed by atoms with Crippen LogP contribution in [0.1, 0.15) is 39.2 Å². The molecule has 0 aromatic heterocycles. The van der Waals surface area contributed by atoms with E-state index in [9.17, 15) is 10.1 Å². The van der Waals surface area contributed by atoms with Gasteiger partial charge < -0.3 is 10.1 Å². The minimum absolute atomic E-state index is 0.111. The molecule has 5 heteroatoms. The smallest absolute Gasteiger partial charge is 0.273 e. The van der Waals surface area contributed by atoms with Gasteiger partial charge in [-0.2, -0.15) is 0 Å². The van der Waals surface area contributed by atoms with Crippen molar-refractivity contribution >= 4 is 5.69 Å². The highest BCUT2D eigenvalue weighted by Gasteiger charge is 2.50. The number of nitro benzene ring substituents is 1. The zero-order valence-corrected chi connectivity index (χ0v) is 13.0. The SMILES string of the molecule is CCOC1CC(NCc2ccccc2[N+](=O)[O-])C1(C)CC. The Bertz CT molecular complexity index is 506. The summed E-state index contributed by atoms with van der Waals surface area (Å²) in [6.07, 6.45) is 2.29. The van der Waals surface area contributed by atoms with Gasteiger partial charge in [-0.05, 0) is 19.8 Å². The maximum absolute atomic E-state index is 11.0. The van der Waals surface area contributed by atoms with Gasteiger partial charge in [0.25, 0.3) is 5.69 Å². The third kappa shape index (κ3) is 3.09. The molecular weight excluding hydrogens is 268 g/mol. The van der Waals surface area contributed by atoms with E-state index in [1.165, 1.54) is 0 Å².